The molecule has 0 saturated carbocycles. The number of nitrogens with zero attached hydrogens (tertiary/aromatic N) is 1. The van der Waals surface area contributed by atoms with E-state index in [2.05, 4.69) is 46.4 Å². The van der Waals surface area contributed by atoms with Crippen LogP contribution in [0.25, 0.3) is 0 Å². The van der Waals surface area contributed by atoms with Crippen molar-refractivity contribution < 1.29 is 0 Å². The van der Waals surface area contributed by atoms with E-state index in [0.717, 1.165) is 11.8 Å². The van der Waals surface area contributed by atoms with Gasteiger partial charge in [-0.1, -0.05) is 40.5 Å². The van der Waals surface area contributed by atoms with E-state index in [-0.39, 0.29) is 0 Å². The van der Waals surface area contributed by atoms with Gasteiger partial charge in [0.15, 0.2) is 0 Å². The SMILES string of the molecule is CCCCN(CC(CC)C(C)C)C(C)C. The standard InChI is InChI=1S/C14H31N/c1-7-9-10-15(13(5)6)11-14(8-2)12(3)4/h12-14H,7-11H2,1-6H3. The molecular weight excluding hydrogens is 182 g/mol. The number of unbranched alkanes of at least 4 members (excludes halogenated alkanes) is 1. The van der Waals surface area contributed by atoms with Crippen LogP contribution < -0.4 is 0 Å². The maximum absolute atomic E-state index is 2.65. The topological polar surface area (TPSA) is 3.24 Å². The zero-order chi connectivity index (χ0) is 11.8. The molecule has 0 N–H and O–H groups in total. The van der Waals surface area contributed by atoms with E-state index in [4.69, 9.17) is 0 Å². The van der Waals surface area contributed by atoms with Crippen LogP contribution in [-0.4, -0.2) is 24.0 Å². The van der Waals surface area contributed by atoms with Crippen molar-refractivity contribution in [2.24, 2.45) is 11.8 Å². The third kappa shape index (κ3) is 6.19. The molecule has 92 valence electrons. The van der Waals surface area contributed by atoms with Crippen LogP contribution in [-0.2, 0) is 0 Å². The van der Waals surface area contributed by atoms with E-state index in [9.17, 15) is 0 Å². The first-order chi connectivity index (χ1) is 7.02. The van der Waals surface area contributed by atoms with Gasteiger partial charge in [-0.3, -0.25) is 0 Å². The zero-order valence-corrected chi connectivity index (χ0v) is 11.7. The summed E-state index contributed by atoms with van der Waals surface area (Å²) in [6.07, 6.45) is 3.96. The summed E-state index contributed by atoms with van der Waals surface area (Å²) in [5.74, 6) is 1.68. The molecule has 0 aliphatic heterocycles. The van der Waals surface area contributed by atoms with Gasteiger partial charge in [-0.15, -0.1) is 0 Å². The van der Waals surface area contributed by atoms with Gasteiger partial charge in [0.05, 0.1) is 0 Å². The van der Waals surface area contributed by atoms with Gasteiger partial charge >= 0.3 is 0 Å². The van der Waals surface area contributed by atoms with Crippen molar-refractivity contribution in [3.63, 3.8) is 0 Å². The van der Waals surface area contributed by atoms with E-state index in [1.54, 1.807) is 0 Å². The molecule has 0 aromatic carbocycles. The normalized spacial score (nSPS) is 14.2. The maximum Gasteiger partial charge on any atom is 0.00387 e. The zero-order valence-electron chi connectivity index (χ0n) is 11.7. The summed E-state index contributed by atoms with van der Waals surface area (Å²) in [6, 6.07) is 0.698. The van der Waals surface area contributed by atoms with Crippen LogP contribution in [0.5, 0.6) is 0 Å². The predicted molar refractivity (Wildman–Crippen MR) is 70.2 cm³/mol. The Morgan fingerprint density at radius 1 is 1.00 bits per heavy atom. The molecule has 15 heavy (non-hydrogen) atoms. The van der Waals surface area contributed by atoms with E-state index < -0.39 is 0 Å². The molecule has 0 heterocycles. The Hall–Kier alpha value is -0.0400. The first kappa shape index (κ1) is 15.0. The van der Waals surface area contributed by atoms with Gasteiger partial charge in [-0.05, 0) is 38.6 Å². The summed E-state index contributed by atoms with van der Waals surface area (Å²) in [4.78, 5) is 2.65. The van der Waals surface area contributed by atoms with Crippen molar-refractivity contribution >= 4 is 0 Å². The Morgan fingerprint density at radius 2 is 1.60 bits per heavy atom. The molecule has 0 spiro atoms. The summed E-state index contributed by atoms with van der Waals surface area (Å²) >= 11 is 0. The highest BCUT2D eigenvalue weighted by Gasteiger charge is 2.17. The largest absolute Gasteiger partial charge is 0.301 e. The lowest BCUT2D eigenvalue weighted by Gasteiger charge is -2.32. The minimum atomic E-state index is 0.698. The van der Waals surface area contributed by atoms with Gasteiger partial charge in [-0.25, -0.2) is 0 Å². The van der Waals surface area contributed by atoms with Crippen LogP contribution in [0.4, 0.5) is 0 Å². The minimum absolute atomic E-state index is 0.698. The van der Waals surface area contributed by atoms with Crippen molar-refractivity contribution in [2.75, 3.05) is 13.1 Å². The fraction of sp³-hybridized carbons (Fsp3) is 1.00. The van der Waals surface area contributed by atoms with Crippen LogP contribution in [0, 0.1) is 11.8 Å². The highest BCUT2D eigenvalue weighted by molar-refractivity contribution is 4.70. The van der Waals surface area contributed by atoms with Gasteiger partial charge in [0, 0.05) is 12.6 Å². The lowest BCUT2D eigenvalue weighted by molar-refractivity contribution is 0.160. The average Bonchev–Trinajstić information content (AvgIpc) is 2.17. The van der Waals surface area contributed by atoms with E-state index in [1.165, 1.54) is 32.4 Å². The smallest absolute Gasteiger partial charge is 0.00387 e. The molecule has 0 aliphatic rings. The van der Waals surface area contributed by atoms with Crippen molar-refractivity contribution in [3.05, 3.63) is 0 Å². The van der Waals surface area contributed by atoms with Crippen LogP contribution >= 0.6 is 0 Å². The fourth-order valence-electron chi connectivity index (χ4n) is 2.03. The number of hydrogen-bond acceptors (Lipinski definition) is 1. The second kappa shape index (κ2) is 8.15. The van der Waals surface area contributed by atoms with Gasteiger partial charge < -0.3 is 4.90 Å². The van der Waals surface area contributed by atoms with Gasteiger partial charge in [0.1, 0.15) is 0 Å². The Kier molecular flexibility index (Phi) is 8.13. The molecular formula is C14H31N. The minimum Gasteiger partial charge on any atom is -0.301 e. The molecule has 0 saturated heterocycles. The molecule has 0 aromatic rings. The van der Waals surface area contributed by atoms with Crippen LogP contribution in [0.1, 0.15) is 60.8 Å². The highest BCUT2D eigenvalue weighted by Crippen LogP contribution is 2.18. The summed E-state index contributed by atoms with van der Waals surface area (Å²) in [7, 11) is 0. The molecule has 0 radical (unpaired) electrons. The van der Waals surface area contributed by atoms with Crippen LogP contribution in [0.2, 0.25) is 0 Å². The monoisotopic (exact) mass is 213 g/mol. The summed E-state index contributed by atoms with van der Waals surface area (Å²) < 4.78 is 0. The third-order valence-electron chi connectivity index (χ3n) is 3.47. The summed E-state index contributed by atoms with van der Waals surface area (Å²) in [6.45, 7) is 16.5. The quantitative estimate of drug-likeness (QED) is 0.584. The van der Waals surface area contributed by atoms with Gasteiger partial charge in [0.2, 0.25) is 0 Å². The molecule has 0 bridgehead atoms. The molecule has 0 rings (SSSR count). The van der Waals surface area contributed by atoms with Crippen molar-refractivity contribution in [1.29, 1.82) is 0 Å². The van der Waals surface area contributed by atoms with E-state index in [0.29, 0.717) is 6.04 Å². The van der Waals surface area contributed by atoms with E-state index >= 15 is 0 Å². The van der Waals surface area contributed by atoms with Crippen molar-refractivity contribution in [1.82, 2.24) is 4.90 Å². The van der Waals surface area contributed by atoms with Crippen LogP contribution in [0.15, 0.2) is 0 Å². The molecule has 0 aliphatic carbocycles. The van der Waals surface area contributed by atoms with Gasteiger partial charge in [0.25, 0.3) is 0 Å². The lowest BCUT2D eigenvalue weighted by atomic mass is 9.92. The molecule has 0 amide bonds. The van der Waals surface area contributed by atoms with Gasteiger partial charge in [-0.2, -0.15) is 0 Å². The first-order valence-corrected chi connectivity index (χ1v) is 6.76. The second-order valence-electron chi connectivity index (χ2n) is 5.35. The van der Waals surface area contributed by atoms with Crippen molar-refractivity contribution in [3.8, 4) is 0 Å². The Labute approximate surface area is 97.2 Å². The van der Waals surface area contributed by atoms with Crippen LogP contribution in [0.3, 0.4) is 0 Å². The highest BCUT2D eigenvalue weighted by atomic mass is 15.1. The molecule has 1 atom stereocenters. The average molecular weight is 213 g/mol. The molecule has 1 unspecified atom stereocenters. The predicted octanol–water partition coefficient (Wildman–Crippen LogP) is 4.18. The molecule has 0 fully saturated rings. The first-order valence-electron chi connectivity index (χ1n) is 6.76. The summed E-state index contributed by atoms with van der Waals surface area (Å²) in [5, 5.41) is 0. The van der Waals surface area contributed by atoms with Crippen molar-refractivity contribution in [2.45, 2.75) is 66.8 Å². The molecule has 0 aromatic heterocycles. The van der Waals surface area contributed by atoms with E-state index in [1.807, 2.05) is 0 Å². The fourth-order valence-corrected chi connectivity index (χ4v) is 2.03. The third-order valence-corrected chi connectivity index (χ3v) is 3.47. The lowest BCUT2D eigenvalue weighted by Crippen LogP contribution is -2.37. The number of rotatable bonds is 8. The Morgan fingerprint density at radius 3 is 1.93 bits per heavy atom. The summed E-state index contributed by atoms with van der Waals surface area (Å²) in [5.41, 5.74) is 0. The number of hydrogen-bond donors (Lipinski definition) is 0. The second-order valence-corrected chi connectivity index (χ2v) is 5.35. The Balaban J connectivity index is 4.12. The maximum atomic E-state index is 2.65. The Bertz CT molecular complexity index is 140. The molecule has 1 heteroatoms. The molecule has 1 nitrogen and oxygen atoms in total.